The molecule has 8 heteroatoms. The maximum atomic E-state index is 5.54. The van der Waals surface area contributed by atoms with Crippen molar-refractivity contribution in [1.82, 2.24) is 14.8 Å². The van der Waals surface area contributed by atoms with Gasteiger partial charge in [0.25, 0.3) is 0 Å². The standard InChI is InChI=1S/C20H22N4O2.2ClH/c1-14(2)18-12-19(15-4-7-17(8-5-15)26-11-10-21)24(23-18)16-6-9-20(25-3)22-13-16;;/h4-9,12-13H,1,10-11,21H2,2-3H3;2*1H. The Hall–Kier alpha value is -2.54. The highest BCUT2D eigenvalue weighted by Crippen LogP contribution is 2.28. The molecule has 2 N–H and O–H groups in total. The van der Waals surface area contributed by atoms with Gasteiger partial charge in [0.2, 0.25) is 5.88 Å². The summed E-state index contributed by atoms with van der Waals surface area (Å²) in [6, 6.07) is 13.6. The van der Waals surface area contributed by atoms with E-state index in [0.717, 1.165) is 34.0 Å². The predicted molar refractivity (Wildman–Crippen MR) is 117 cm³/mol. The number of nitrogens with zero attached hydrogens (tertiary/aromatic N) is 3. The fourth-order valence-corrected chi connectivity index (χ4v) is 2.51. The number of pyridine rings is 1. The maximum Gasteiger partial charge on any atom is 0.213 e. The molecular weight excluding hydrogens is 399 g/mol. The minimum Gasteiger partial charge on any atom is -0.492 e. The smallest absolute Gasteiger partial charge is 0.213 e. The van der Waals surface area contributed by atoms with E-state index in [1.807, 2.05) is 54.1 Å². The van der Waals surface area contributed by atoms with Crippen molar-refractivity contribution in [2.45, 2.75) is 6.92 Å². The van der Waals surface area contributed by atoms with Crippen LogP contribution in [0.5, 0.6) is 11.6 Å². The van der Waals surface area contributed by atoms with Gasteiger partial charge in [0.05, 0.1) is 30.4 Å². The van der Waals surface area contributed by atoms with Crippen LogP contribution in [0.2, 0.25) is 0 Å². The third-order valence-electron chi connectivity index (χ3n) is 3.86. The van der Waals surface area contributed by atoms with Crippen molar-refractivity contribution >= 4 is 30.4 Å². The highest BCUT2D eigenvalue weighted by molar-refractivity contribution is 5.85. The van der Waals surface area contributed by atoms with Crippen molar-refractivity contribution in [2.75, 3.05) is 20.3 Å². The molecule has 0 saturated carbocycles. The molecule has 0 radical (unpaired) electrons. The van der Waals surface area contributed by atoms with E-state index in [0.29, 0.717) is 19.0 Å². The second-order valence-electron chi connectivity index (χ2n) is 5.83. The highest BCUT2D eigenvalue weighted by atomic mass is 35.5. The average molecular weight is 423 g/mol. The van der Waals surface area contributed by atoms with Crippen molar-refractivity contribution in [3.05, 3.63) is 60.9 Å². The number of hydrogen-bond acceptors (Lipinski definition) is 5. The van der Waals surface area contributed by atoms with E-state index in [9.17, 15) is 0 Å². The average Bonchev–Trinajstić information content (AvgIpc) is 3.12. The van der Waals surface area contributed by atoms with Crippen LogP contribution in [0.1, 0.15) is 12.6 Å². The molecule has 2 aromatic heterocycles. The number of allylic oxidation sites excluding steroid dienone is 1. The van der Waals surface area contributed by atoms with Crippen LogP contribution in [-0.4, -0.2) is 35.0 Å². The van der Waals surface area contributed by atoms with Crippen LogP contribution in [0.15, 0.2) is 55.2 Å². The molecule has 0 amide bonds. The van der Waals surface area contributed by atoms with Crippen molar-refractivity contribution in [2.24, 2.45) is 5.73 Å². The molecule has 0 spiro atoms. The van der Waals surface area contributed by atoms with Crippen LogP contribution in [0.25, 0.3) is 22.5 Å². The number of rotatable bonds is 7. The number of ether oxygens (including phenoxy) is 2. The maximum absolute atomic E-state index is 5.54. The largest absolute Gasteiger partial charge is 0.492 e. The Balaban J connectivity index is 0.00000196. The van der Waals surface area contributed by atoms with Crippen molar-refractivity contribution in [3.63, 3.8) is 0 Å². The van der Waals surface area contributed by atoms with E-state index in [1.54, 1.807) is 13.3 Å². The van der Waals surface area contributed by atoms with E-state index in [1.165, 1.54) is 0 Å². The number of aromatic nitrogens is 3. The molecule has 0 aliphatic carbocycles. The zero-order valence-corrected chi connectivity index (χ0v) is 17.4. The van der Waals surface area contributed by atoms with Gasteiger partial charge in [-0.1, -0.05) is 6.58 Å². The molecule has 0 unspecified atom stereocenters. The van der Waals surface area contributed by atoms with Gasteiger partial charge < -0.3 is 15.2 Å². The van der Waals surface area contributed by atoms with E-state index in [2.05, 4.69) is 16.7 Å². The van der Waals surface area contributed by atoms with Crippen LogP contribution >= 0.6 is 24.8 Å². The number of benzene rings is 1. The van der Waals surface area contributed by atoms with Gasteiger partial charge in [-0.15, -0.1) is 24.8 Å². The third-order valence-corrected chi connectivity index (χ3v) is 3.86. The summed E-state index contributed by atoms with van der Waals surface area (Å²) in [5, 5.41) is 4.67. The van der Waals surface area contributed by atoms with Gasteiger partial charge in [0.15, 0.2) is 0 Å². The van der Waals surface area contributed by atoms with Gasteiger partial charge >= 0.3 is 0 Å². The minimum atomic E-state index is 0. The quantitative estimate of drug-likeness (QED) is 0.618. The molecule has 3 rings (SSSR count). The molecule has 28 heavy (non-hydrogen) atoms. The van der Waals surface area contributed by atoms with Crippen molar-refractivity contribution < 1.29 is 9.47 Å². The molecule has 0 saturated heterocycles. The van der Waals surface area contributed by atoms with Gasteiger partial charge in [-0.2, -0.15) is 5.10 Å². The first-order valence-corrected chi connectivity index (χ1v) is 8.32. The number of methoxy groups -OCH3 is 1. The van der Waals surface area contributed by atoms with E-state index >= 15 is 0 Å². The van der Waals surface area contributed by atoms with Crippen LogP contribution in [-0.2, 0) is 0 Å². The predicted octanol–water partition coefficient (Wildman–Crippen LogP) is 4.16. The second-order valence-corrected chi connectivity index (χ2v) is 5.83. The Labute approximate surface area is 177 Å². The first-order valence-electron chi connectivity index (χ1n) is 8.32. The van der Waals surface area contributed by atoms with Crippen LogP contribution in [0, 0.1) is 0 Å². The first kappa shape index (κ1) is 23.5. The lowest BCUT2D eigenvalue weighted by Gasteiger charge is -2.09. The number of nitrogens with two attached hydrogens (primary N) is 1. The fourth-order valence-electron chi connectivity index (χ4n) is 2.51. The second kappa shape index (κ2) is 10.7. The lowest BCUT2D eigenvalue weighted by Crippen LogP contribution is -2.10. The van der Waals surface area contributed by atoms with Gasteiger partial charge in [-0.25, -0.2) is 9.67 Å². The summed E-state index contributed by atoms with van der Waals surface area (Å²) in [6.45, 7) is 6.92. The summed E-state index contributed by atoms with van der Waals surface area (Å²) in [5.74, 6) is 1.35. The Kier molecular flexibility index (Phi) is 8.99. The Morgan fingerprint density at radius 3 is 2.39 bits per heavy atom. The molecule has 0 fully saturated rings. The topological polar surface area (TPSA) is 75.2 Å². The molecule has 0 atom stereocenters. The third kappa shape index (κ3) is 5.25. The first-order chi connectivity index (χ1) is 12.6. The molecule has 0 aliphatic heterocycles. The van der Waals surface area contributed by atoms with Gasteiger partial charge in [0.1, 0.15) is 12.4 Å². The van der Waals surface area contributed by atoms with E-state index in [4.69, 9.17) is 15.2 Å². The summed E-state index contributed by atoms with van der Waals surface area (Å²) in [7, 11) is 1.59. The molecular formula is C20H24Cl2N4O2. The zero-order valence-electron chi connectivity index (χ0n) is 15.8. The summed E-state index contributed by atoms with van der Waals surface area (Å²) >= 11 is 0. The van der Waals surface area contributed by atoms with Crippen LogP contribution < -0.4 is 15.2 Å². The molecule has 0 bridgehead atoms. The van der Waals surface area contributed by atoms with Crippen LogP contribution in [0.3, 0.4) is 0 Å². The lowest BCUT2D eigenvalue weighted by atomic mass is 10.1. The van der Waals surface area contributed by atoms with Gasteiger partial charge in [0, 0.05) is 18.2 Å². The summed E-state index contributed by atoms with van der Waals surface area (Å²) in [5.41, 5.74) is 10.0. The normalized spacial score (nSPS) is 9.82. The molecule has 3 aromatic rings. The van der Waals surface area contributed by atoms with Gasteiger partial charge in [-0.05, 0) is 48.9 Å². The zero-order chi connectivity index (χ0) is 18.5. The van der Waals surface area contributed by atoms with E-state index in [-0.39, 0.29) is 24.8 Å². The Bertz CT molecular complexity index is 894. The van der Waals surface area contributed by atoms with E-state index < -0.39 is 0 Å². The summed E-state index contributed by atoms with van der Waals surface area (Å²) < 4.78 is 12.5. The van der Waals surface area contributed by atoms with Crippen LogP contribution in [0.4, 0.5) is 0 Å². The number of halogens is 2. The fraction of sp³-hybridized carbons (Fsp3) is 0.200. The minimum absolute atomic E-state index is 0. The molecule has 2 heterocycles. The number of hydrogen-bond donors (Lipinski definition) is 1. The molecule has 0 aliphatic rings. The Morgan fingerprint density at radius 1 is 1.14 bits per heavy atom. The highest BCUT2D eigenvalue weighted by Gasteiger charge is 2.13. The SMILES string of the molecule is C=C(C)c1cc(-c2ccc(OCCN)cc2)n(-c2ccc(OC)nc2)n1.Cl.Cl. The molecule has 6 nitrogen and oxygen atoms in total. The Morgan fingerprint density at radius 2 is 1.86 bits per heavy atom. The van der Waals surface area contributed by atoms with Crippen molar-refractivity contribution in [3.8, 4) is 28.6 Å². The lowest BCUT2D eigenvalue weighted by molar-refractivity contribution is 0.328. The van der Waals surface area contributed by atoms with Crippen molar-refractivity contribution in [1.29, 1.82) is 0 Å². The summed E-state index contributed by atoms with van der Waals surface area (Å²) in [6.07, 6.45) is 1.73. The molecule has 1 aromatic carbocycles. The van der Waals surface area contributed by atoms with Gasteiger partial charge in [-0.3, -0.25) is 0 Å². The monoisotopic (exact) mass is 422 g/mol. The molecule has 150 valence electrons. The summed E-state index contributed by atoms with van der Waals surface area (Å²) in [4.78, 5) is 4.27.